The van der Waals surface area contributed by atoms with E-state index in [1.807, 2.05) is 0 Å². The first-order valence-corrected chi connectivity index (χ1v) is 25.5. The third-order valence-electron chi connectivity index (χ3n) is 11.4. The average molecular weight is 865 g/mol. The van der Waals surface area contributed by atoms with Crippen LogP contribution in [0.15, 0.2) is 12.2 Å². The number of rotatable bonds is 41. The largest absolute Gasteiger partial charge is 0.472 e. The van der Waals surface area contributed by atoms with Crippen molar-refractivity contribution in [2.24, 2.45) is 0 Å². The number of allylic oxidation sites excluding steroid dienone is 2. The van der Waals surface area contributed by atoms with Crippen molar-refractivity contribution in [3.05, 3.63) is 12.2 Å². The highest BCUT2D eigenvalue weighted by Crippen LogP contribution is 2.47. The van der Waals surface area contributed by atoms with Crippen LogP contribution in [0.4, 0.5) is 0 Å². The average Bonchev–Trinajstić information content (AvgIpc) is 3.22. The van der Waals surface area contributed by atoms with E-state index >= 15 is 0 Å². The Bertz CT molecular complexity index is 1030. The molecule has 1 rings (SSSR count). The molecule has 6 unspecified atom stereocenters. The quantitative estimate of drug-likeness (QED) is 0.0148. The molecule has 0 spiro atoms. The summed E-state index contributed by atoms with van der Waals surface area (Å²) in [7, 11) is -5.01. The topological polar surface area (TPSA) is 192 Å². The molecule has 0 aromatic carbocycles. The summed E-state index contributed by atoms with van der Waals surface area (Å²) in [6.07, 6.45) is 28.5. The zero-order valence-electron chi connectivity index (χ0n) is 37.3. The molecular weight excluding hydrogens is 775 g/mol. The van der Waals surface area contributed by atoms with Gasteiger partial charge in [0, 0.05) is 13.0 Å². The van der Waals surface area contributed by atoms with Crippen LogP contribution >= 0.6 is 7.82 Å². The predicted molar refractivity (Wildman–Crippen MR) is 235 cm³/mol. The molecule has 1 aliphatic carbocycles. The third kappa shape index (κ3) is 29.9. The van der Waals surface area contributed by atoms with Gasteiger partial charge in [0.25, 0.3) is 0 Å². The van der Waals surface area contributed by atoms with Gasteiger partial charge in [-0.15, -0.1) is 0 Å². The summed E-state index contributed by atoms with van der Waals surface area (Å²) < 4.78 is 34.2. The van der Waals surface area contributed by atoms with Gasteiger partial charge in [-0.05, 0) is 38.5 Å². The van der Waals surface area contributed by atoms with Crippen LogP contribution < -0.4 is 0 Å². The fourth-order valence-electron chi connectivity index (χ4n) is 7.53. The van der Waals surface area contributed by atoms with Gasteiger partial charge < -0.3 is 39.9 Å². The van der Waals surface area contributed by atoms with Crippen LogP contribution in [0.2, 0.25) is 0 Å². The SMILES string of the molecule is CCCCCCCC/C=C\CCCCCCCCCCCC(=O)OC(COCCCCCCCCCCCCCCC)COP(=O)(O)OC1C(O)C(O)C(O)C(O)C1O. The van der Waals surface area contributed by atoms with E-state index in [4.69, 9.17) is 18.5 Å². The minimum Gasteiger partial charge on any atom is -0.457 e. The molecule has 6 N–H and O–H groups in total. The van der Waals surface area contributed by atoms with Gasteiger partial charge in [0.15, 0.2) is 0 Å². The lowest BCUT2D eigenvalue weighted by Gasteiger charge is -2.41. The highest BCUT2D eigenvalue weighted by molar-refractivity contribution is 7.47. The Morgan fingerprint density at radius 1 is 0.525 bits per heavy atom. The smallest absolute Gasteiger partial charge is 0.457 e. The van der Waals surface area contributed by atoms with Crippen molar-refractivity contribution in [1.82, 2.24) is 0 Å². The molecule has 6 atom stereocenters. The molecule has 1 aliphatic rings. The van der Waals surface area contributed by atoms with Gasteiger partial charge in [0.05, 0.1) is 13.2 Å². The van der Waals surface area contributed by atoms with Crippen molar-refractivity contribution in [2.45, 2.75) is 256 Å². The molecule has 0 aliphatic heterocycles. The minimum atomic E-state index is -5.01. The Hall–Kier alpha value is -0.920. The van der Waals surface area contributed by atoms with Gasteiger partial charge in [-0.2, -0.15) is 0 Å². The Balaban J connectivity index is 2.36. The van der Waals surface area contributed by atoms with Crippen LogP contribution in [0.5, 0.6) is 0 Å². The Labute approximate surface area is 358 Å². The molecule has 0 amide bonds. The van der Waals surface area contributed by atoms with Crippen molar-refractivity contribution in [3.63, 3.8) is 0 Å². The second-order valence-corrected chi connectivity index (χ2v) is 18.4. The zero-order valence-corrected chi connectivity index (χ0v) is 38.2. The second-order valence-electron chi connectivity index (χ2n) is 17.0. The van der Waals surface area contributed by atoms with Gasteiger partial charge in [-0.1, -0.05) is 180 Å². The number of carbonyl (C=O) groups is 1. The number of phosphoric acid groups is 1. The monoisotopic (exact) mass is 865 g/mol. The third-order valence-corrected chi connectivity index (χ3v) is 12.4. The number of carbonyl (C=O) groups excluding carboxylic acids is 1. The molecule has 0 radical (unpaired) electrons. The van der Waals surface area contributed by atoms with E-state index in [-0.39, 0.29) is 13.0 Å². The highest BCUT2D eigenvalue weighted by atomic mass is 31.2. The molecule has 13 heteroatoms. The van der Waals surface area contributed by atoms with E-state index in [9.17, 15) is 39.8 Å². The molecule has 0 aromatic heterocycles. The normalized spacial score (nSPS) is 22.5. The number of phosphoric ester groups is 1. The summed E-state index contributed by atoms with van der Waals surface area (Å²) in [4.78, 5) is 23.2. The number of hydrogen-bond donors (Lipinski definition) is 6. The Kier molecular flexibility index (Phi) is 35.8. The van der Waals surface area contributed by atoms with E-state index in [0.29, 0.717) is 13.0 Å². The van der Waals surface area contributed by atoms with Crippen LogP contribution in [-0.4, -0.2) is 98.9 Å². The first-order valence-electron chi connectivity index (χ1n) is 24.0. The second kappa shape index (κ2) is 37.6. The van der Waals surface area contributed by atoms with E-state index in [1.165, 1.54) is 148 Å². The lowest BCUT2D eigenvalue weighted by atomic mass is 9.85. The standard InChI is InChI=1S/C46H89O12P/c1-3-5-7-9-11-13-15-17-18-19-20-21-22-23-25-27-29-31-33-35-40(47)57-39(37-55-36-34-32-30-28-26-24-16-14-12-10-8-6-4-2)38-56-59(53,54)58-46-44(51)42(49)41(48)43(50)45(46)52/h17-18,39,41-46,48-52H,3-16,19-38H2,1-2H3,(H,53,54)/b18-17-. The Morgan fingerprint density at radius 2 is 0.898 bits per heavy atom. The molecule has 59 heavy (non-hydrogen) atoms. The van der Waals surface area contributed by atoms with Crippen molar-refractivity contribution in [1.29, 1.82) is 0 Å². The molecule has 0 aromatic rings. The number of esters is 1. The highest BCUT2D eigenvalue weighted by Gasteiger charge is 2.51. The summed E-state index contributed by atoms with van der Waals surface area (Å²) in [5, 5.41) is 50.2. The fourth-order valence-corrected chi connectivity index (χ4v) is 8.50. The number of aliphatic hydroxyl groups is 5. The number of aliphatic hydroxyl groups excluding tert-OH is 5. The molecule has 0 heterocycles. The van der Waals surface area contributed by atoms with Crippen LogP contribution in [0.3, 0.4) is 0 Å². The van der Waals surface area contributed by atoms with Gasteiger partial charge >= 0.3 is 13.8 Å². The summed E-state index contributed by atoms with van der Waals surface area (Å²) in [6.45, 7) is 4.28. The first kappa shape index (κ1) is 56.1. The molecule has 1 fully saturated rings. The van der Waals surface area contributed by atoms with Gasteiger partial charge in [0.2, 0.25) is 0 Å². The fraction of sp³-hybridized carbons (Fsp3) is 0.935. The lowest BCUT2D eigenvalue weighted by Crippen LogP contribution is -2.64. The maximum Gasteiger partial charge on any atom is 0.472 e. The Morgan fingerprint density at radius 3 is 1.34 bits per heavy atom. The molecule has 350 valence electrons. The maximum atomic E-state index is 12.8. The van der Waals surface area contributed by atoms with Crippen LogP contribution in [0, 0.1) is 0 Å². The molecule has 0 bridgehead atoms. The van der Waals surface area contributed by atoms with E-state index in [1.54, 1.807) is 0 Å². The predicted octanol–water partition coefficient (Wildman–Crippen LogP) is 9.92. The van der Waals surface area contributed by atoms with Crippen LogP contribution in [0.1, 0.15) is 213 Å². The molecule has 1 saturated carbocycles. The van der Waals surface area contributed by atoms with E-state index in [2.05, 4.69) is 26.0 Å². The van der Waals surface area contributed by atoms with E-state index in [0.717, 1.165) is 38.5 Å². The summed E-state index contributed by atoms with van der Waals surface area (Å²) in [6, 6.07) is 0. The summed E-state index contributed by atoms with van der Waals surface area (Å²) in [5.74, 6) is -0.476. The van der Waals surface area contributed by atoms with Crippen molar-refractivity contribution in [3.8, 4) is 0 Å². The van der Waals surface area contributed by atoms with Crippen molar-refractivity contribution >= 4 is 13.8 Å². The number of hydrogen-bond acceptors (Lipinski definition) is 11. The van der Waals surface area contributed by atoms with Crippen molar-refractivity contribution < 1.29 is 58.3 Å². The maximum absolute atomic E-state index is 12.8. The molecule has 0 saturated heterocycles. The number of ether oxygens (including phenoxy) is 2. The van der Waals surface area contributed by atoms with Crippen LogP contribution in [0.25, 0.3) is 0 Å². The van der Waals surface area contributed by atoms with Crippen LogP contribution in [-0.2, 0) is 27.9 Å². The van der Waals surface area contributed by atoms with Crippen molar-refractivity contribution in [2.75, 3.05) is 19.8 Å². The summed E-state index contributed by atoms with van der Waals surface area (Å²) >= 11 is 0. The first-order chi connectivity index (χ1) is 28.5. The number of unbranched alkanes of at least 4 members (excludes halogenated alkanes) is 27. The minimum absolute atomic E-state index is 0.0717. The zero-order chi connectivity index (χ0) is 43.4. The molecule has 12 nitrogen and oxygen atoms in total. The van der Waals surface area contributed by atoms with Gasteiger partial charge in [-0.25, -0.2) is 4.57 Å². The molecular formula is C46H89O12P. The summed E-state index contributed by atoms with van der Waals surface area (Å²) in [5.41, 5.74) is 0. The van der Waals surface area contributed by atoms with Gasteiger partial charge in [0.1, 0.15) is 42.7 Å². The lowest BCUT2D eigenvalue weighted by molar-refractivity contribution is -0.220. The van der Waals surface area contributed by atoms with E-state index < -0.39 is 63.1 Å². The van der Waals surface area contributed by atoms with Gasteiger partial charge in [-0.3, -0.25) is 13.8 Å².